The van der Waals surface area contributed by atoms with Crippen LogP contribution in [0.4, 0.5) is 0 Å². The van der Waals surface area contributed by atoms with Gasteiger partial charge in [-0.2, -0.15) is 0 Å². The van der Waals surface area contributed by atoms with E-state index in [9.17, 15) is 0 Å². The van der Waals surface area contributed by atoms with Crippen LogP contribution in [0.5, 0.6) is 0 Å². The number of thioether (sulfide) groups is 1. The molecule has 1 nitrogen and oxygen atoms in total. The van der Waals surface area contributed by atoms with Crippen LogP contribution < -0.4 is 5.32 Å². The zero-order chi connectivity index (χ0) is 18.2. The molecule has 2 aromatic carbocycles. The highest BCUT2D eigenvalue weighted by Crippen LogP contribution is 2.36. The minimum absolute atomic E-state index is 0.448. The molecule has 0 heterocycles. The number of hydrogen-bond acceptors (Lipinski definition) is 2. The molecule has 0 radical (unpaired) electrons. The highest BCUT2D eigenvalue weighted by molar-refractivity contribution is 8.00. The van der Waals surface area contributed by atoms with Gasteiger partial charge in [-0.3, -0.25) is 0 Å². The van der Waals surface area contributed by atoms with Gasteiger partial charge in [0, 0.05) is 16.1 Å². The van der Waals surface area contributed by atoms with Crippen LogP contribution >= 0.6 is 11.8 Å². The zero-order valence-electron chi connectivity index (χ0n) is 16.3. The lowest BCUT2D eigenvalue weighted by molar-refractivity contribution is 0.472. The van der Waals surface area contributed by atoms with Crippen molar-refractivity contribution in [3.63, 3.8) is 0 Å². The molecule has 2 atom stereocenters. The minimum Gasteiger partial charge on any atom is -0.317 e. The summed E-state index contributed by atoms with van der Waals surface area (Å²) in [6, 6.07) is 20.4. The molecule has 140 valence electrons. The molecule has 2 unspecified atom stereocenters. The maximum Gasteiger partial charge on any atom is 0.0127 e. The smallest absolute Gasteiger partial charge is 0.0127 e. The summed E-state index contributed by atoms with van der Waals surface area (Å²) in [5.74, 6) is 1.01. The summed E-state index contributed by atoms with van der Waals surface area (Å²) in [4.78, 5) is 1.44. The molecular formula is C24H33NS. The Labute approximate surface area is 164 Å². The molecular weight excluding hydrogens is 334 g/mol. The summed E-state index contributed by atoms with van der Waals surface area (Å²) in [6.07, 6.45) is 7.03. The lowest BCUT2D eigenvalue weighted by atomic mass is 9.81. The maximum atomic E-state index is 3.53. The molecule has 0 spiro atoms. The van der Waals surface area contributed by atoms with Gasteiger partial charge in [-0.25, -0.2) is 0 Å². The first kappa shape index (κ1) is 19.5. The number of rotatable bonds is 8. The van der Waals surface area contributed by atoms with E-state index in [0.717, 1.165) is 18.3 Å². The van der Waals surface area contributed by atoms with Gasteiger partial charge in [0.15, 0.2) is 0 Å². The van der Waals surface area contributed by atoms with Gasteiger partial charge in [0.25, 0.3) is 0 Å². The molecule has 1 saturated carbocycles. The molecule has 3 rings (SSSR count). The standard InChI is InChI=1S/C24H33NS/c1-3-25-18-19(2)24(20-10-6-4-7-11-20)21-14-16-23(17-15-21)26-22-12-8-5-9-13-22/h4,6-7,10-11,14-17,19,22,24-25H,3,5,8-9,12-13,18H2,1-2H3. The molecule has 0 aliphatic heterocycles. The van der Waals surface area contributed by atoms with Crippen LogP contribution in [0.1, 0.15) is 63.0 Å². The maximum absolute atomic E-state index is 3.53. The molecule has 0 bridgehead atoms. The largest absolute Gasteiger partial charge is 0.317 e. The van der Waals surface area contributed by atoms with E-state index in [1.54, 1.807) is 0 Å². The highest BCUT2D eigenvalue weighted by atomic mass is 32.2. The molecule has 2 aromatic rings. The van der Waals surface area contributed by atoms with E-state index >= 15 is 0 Å². The van der Waals surface area contributed by atoms with Crippen LogP contribution in [0.15, 0.2) is 59.5 Å². The summed E-state index contributed by atoms with van der Waals surface area (Å²) in [6.45, 7) is 6.63. The SMILES string of the molecule is CCNCC(C)C(c1ccccc1)c1ccc(SC2CCCCC2)cc1. The fourth-order valence-electron chi connectivity index (χ4n) is 4.13. The topological polar surface area (TPSA) is 12.0 Å². The van der Waals surface area contributed by atoms with Crippen LogP contribution in [0, 0.1) is 5.92 Å². The number of hydrogen-bond donors (Lipinski definition) is 1. The first-order valence-electron chi connectivity index (χ1n) is 10.3. The third-order valence-corrected chi connectivity index (χ3v) is 6.89. The number of benzene rings is 2. The summed E-state index contributed by atoms with van der Waals surface area (Å²) in [5, 5.41) is 4.36. The van der Waals surface area contributed by atoms with Crippen molar-refractivity contribution in [1.29, 1.82) is 0 Å². The van der Waals surface area contributed by atoms with Crippen molar-refractivity contribution in [2.24, 2.45) is 5.92 Å². The predicted molar refractivity (Wildman–Crippen MR) is 115 cm³/mol. The van der Waals surface area contributed by atoms with E-state index in [4.69, 9.17) is 0 Å². The Balaban J connectivity index is 1.75. The monoisotopic (exact) mass is 367 g/mol. The Hall–Kier alpha value is -1.25. The third kappa shape index (κ3) is 5.37. The lowest BCUT2D eigenvalue weighted by Gasteiger charge is -2.26. The third-order valence-electron chi connectivity index (χ3n) is 5.54. The normalized spacial score (nSPS) is 17.8. The van der Waals surface area contributed by atoms with Crippen molar-refractivity contribution in [3.8, 4) is 0 Å². The van der Waals surface area contributed by atoms with Crippen LogP contribution in [0.25, 0.3) is 0 Å². The second kappa shape index (κ2) is 10.2. The average Bonchev–Trinajstić information content (AvgIpc) is 2.69. The van der Waals surface area contributed by atoms with Crippen LogP contribution in [-0.4, -0.2) is 18.3 Å². The first-order chi connectivity index (χ1) is 12.8. The Morgan fingerprint density at radius 1 is 0.923 bits per heavy atom. The van der Waals surface area contributed by atoms with Crippen molar-refractivity contribution < 1.29 is 0 Å². The number of nitrogens with one attached hydrogen (secondary N) is 1. The average molecular weight is 368 g/mol. The molecule has 1 fully saturated rings. The van der Waals surface area contributed by atoms with Gasteiger partial charge in [-0.15, -0.1) is 11.8 Å². The summed E-state index contributed by atoms with van der Waals surface area (Å²) in [7, 11) is 0. The van der Waals surface area contributed by atoms with Gasteiger partial charge < -0.3 is 5.32 Å². The second-order valence-electron chi connectivity index (χ2n) is 7.62. The van der Waals surface area contributed by atoms with Crippen molar-refractivity contribution in [1.82, 2.24) is 5.32 Å². The van der Waals surface area contributed by atoms with Crippen LogP contribution in [0.3, 0.4) is 0 Å². The molecule has 1 N–H and O–H groups in total. The molecule has 1 aliphatic rings. The molecule has 1 aliphatic carbocycles. The molecule has 0 aromatic heterocycles. The second-order valence-corrected chi connectivity index (χ2v) is 8.99. The summed E-state index contributed by atoms with van der Waals surface area (Å²) >= 11 is 2.09. The van der Waals surface area contributed by atoms with Crippen molar-refractivity contribution in [2.45, 2.75) is 62.0 Å². The quantitative estimate of drug-likeness (QED) is 0.572. The fourth-order valence-corrected chi connectivity index (χ4v) is 5.38. The van der Waals surface area contributed by atoms with E-state index in [1.807, 2.05) is 0 Å². The Kier molecular flexibility index (Phi) is 7.64. The Morgan fingerprint density at radius 2 is 1.58 bits per heavy atom. The first-order valence-corrected chi connectivity index (χ1v) is 11.2. The molecule has 0 saturated heterocycles. The zero-order valence-corrected chi connectivity index (χ0v) is 17.1. The van der Waals surface area contributed by atoms with Crippen molar-refractivity contribution in [3.05, 3.63) is 65.7 Å². The van der Waals surface area contributed by atoms with E-state index in [-0.39, 0.29) is 0 Å². The van der Waals surface area contributed by atoms with E-state index < -0.39 is 0 Å². The van der Waals surface area contributed by atoms with Gasteiger partial charge in [0.1, 0.15) is 0 Å². The minimum atomic E-state index is 0.448. The molecule has 0 amide bonds. The highest BCUT2D eigenvalue weighted by Gasteiger charge is 2.21. The summed E-state index contributed by atoms with van der Waals surface area (Å²) < 4.78 is 0. The van der Waals surface area contributed by atoms with Crippen molar-refractivity contribution in [2.75, 3.05) is 13.1 Å². The Morgan fingerprint density at radius 3 is 2.23 bits per heavy atom. The van der Waals surface area contributed by atoms with Gasteiger partial charge in [0.05, 0.1) is 0 Å². The molecule has 26 heavy (non-hydrogen) atoms. The predicted octanol–water partition coefficient (Wildman–Crippen LogP) is 6.49. The van der Waals surface area contributed by atoms with E-state index in [2.05, 4.69) is 85.5 Å². The van der Waals surface area contributed by atoms with Gasteiger partial charge in [-0.1, -0.05) is 75.6 Å². The summed E-state index contributed by atoms with van der Waals surface area (Å²) in [5.41, 5.74) is 2.86. The Bertz CT molecular complexity index is 631. The van der Waals surface area contributed by atoms with Gasteiger partial charge >= 0.3 is 0 Å². The fraction of sp³-hybridized carbons (Fsp3) is 0.500. The van der Waals surface area contributed by atoms with E-state index in [0.29, 0.717) is 11.8 Å². The van der Waals surface area contributed by atoms with Crippen molar-refractivity contribution >= 4 is 11.8 Å². The van der Waals surface area contributed by atoms with E-state index in [1.165, 1.54) is 48.1 Å². The lowest BCUT2D eigenvalue weighted by Crippen LogP contribution is -2.25. The van der Waals surface area contributed by atoms with Gasteiger partial charge in [-0.05, 0) is 55.1 Å². The van der Waals surface area contributed by atoms with Crippen LogP contribution in [-0.2, 0) is 0 Å². The molecule has 2 heteroatoms. The van der Waals surface area contributed by atoms with Crippen LogP contribution in [0.2, 0.25) is 0 Å². The van der Waals surface area contributed by atoms with Gasteiger partial charge in [0.2, 0.25) is 0 Å².